The summed E-state index contributed by atoms with van der Waals surface area (Å²) in [6, 6.07) is 7.37. The molecule has 138 valence electrons. The molecule has 6 nitrogen and oxygen atoms in total. The molecule has 26 heavy (non-hydrogen) atoms. The molecule has 0 saturated heterocycles. The number of methoxy groups -OCH3 is 3. The van der Waals surface area contributed by atoms with Crippen LogP contribution in [-0.2, 0) is 0 Å². The van der Waals surface area contributed by atoms with Crippen LogP contribution in [0, 0.1) is 0 Å². The fraction of sp³-hybridized carbons (Fsp3) is 0.350. The summed E-state index contributed by atoms with van der Waals surface area (Å²) in [4.78, 5) is 17.3. The molecule has 1 aromatic heterocycles. The van der Waals surface area contributed by atoms with Crippen molar-refractivity contribution in [2.75, 3.05) is 41.0 Å². The Morgan fingerprint density at radius 3 is 2.38 bits per heavy atom. The van der Waals surface area contributed by atoms with Crippen LogP contribution in [-0.4, -0.2) is 56.6 Å². The van der Waals surface area contributed by atoms with Crippen LogP contribution in [0.2, 0.25) is 0 Å². The van der Waals surface area contributed by atoms with Gasteiger partial charge in [0.25, 0.3) is 0 Å². The Labute approximate surface area is 153 Å². The normalized spacial score (nSPS) is 14.7. The van der Waals surface area contributed by atoms with Crippen LogP contribution in [0.1, 0.15) is 22.5 Å². The van der Waals surface area contributed by atoms with Gasteiger partial charge in [-0.3, -0.25) is 9.69 Å². The Hall–Kier alpha value is -2.73. The van der Waals surface area contributed by atoms with Crippen molar-refractivity contribution in [3.8, 4) is 17.2 Å². The molecule has 1 aliphatic heterocycles. The number of rotatable bonds is 7. The van der Waals surface area contributed by atoms with E-state index in [1.807, 2.05) is 18.2 Å². The third-order valence-corrected chi connectivity index (χ3v) is 4.59. The van der Waals surface area contributed by atoms with Gasteiger partial charge in [-0.15, -0.1) is 0 Å². The molecular weight excluding hydrogens is 332 g/mol. The lowest BCUT2D eigenvalue weighted by atomic mass is 9.97. The van der Waals surface area contributed by atoms with Crippen molar-refractivity contribution in [2.45, 2.75) is 6.42 Å². The maximum absolute atomic E-state index is 12.2. The zero-order valence-corrected chi connectivity index (χ0v) is 15.4. The van der Waals surface area contributed by atoms with E-state index >= 15 is 0 Å². The molecule has 1 aromatic carbocycles. The van der Waals surface area contributed by atoms with Gasteiger partial charge < -0.3 is 19.2 Å². The van der Waals surface area contributed by atoms with E-state index in [2.05, 4.69) is 16.0 Å². The first-order valence-electron chi connectivity index (χ1n) is 8.54. The van der Waals surface area contributed by atoms with Crippen LogP contribution in [0.25, 0.3) is 5.57 Å². The molecule has 0 unspecified atom stereocenters. The Bertz CT molecular complexity index is 771. The van der Waals surface area contributed by atoms with E-state index in [0.717, 1.165) is 35.6 Å². The maximum Gasteiger partial charge on any atom is 0.192 e. The lowest BCUT2D eigenvalue weighted by Crippen LogP contribution is -2.33. The van der Waals surface area contributed by atoms with Crippen molar-refractivity contribution < 1.29 is 19.0 Å². The number of hydrogen-bond acceptors (Lipinski definition) is 5. The lowest BCUT2D eigenvalue weighted by molar-refractivity contribution is 0.0933. The predicted molar refractivity (Wildman–Crippen MR) is 100 cm³/mol. The number of Topliss-reactive ketones (excluding diaryl/α,β-unsaturated/α-hetero) is 1. The van der Waals surface area contributed by atoms with Gasteiger partial charge in [-0.25, -0.2) is 0 Å². The Morgan fingerprint density at radius 2 is 1.88 bits per heavy atom. The molecular formula is C20H24N2O4. The van der Waals surface area contributed by atoms with Gasteiger partial charge in [0.2, 0.25) is 0 Å². The van der Waals surface area contributed by atoms with Crippen molar-refractivity contribution in [1.29, 1.82) is 0 Å². The second-order valence-corrected chi connectivity index (χ2v) is 6.13. The van der Waals surface area contributed by atoms with Crippen molar-refractivity contribution in [3.63, 3.8) is 0 Å². The highest BCUT2D eigenvalue weighted by atomic mass is 16.5. The number of carbonyl (C=O) groups is 1. The summed E-state index contributed by atoms with van der Waals surface area (Å²) in [5, 5.41) is 0. The van der Waals surface area contributed by atoms with E-state index in [1.165, 1.54) is 0 Å². The number of aromatic nitrogens is 1. The van der Waals surface area contributed by atoms with E-state index in [4.69, 9.17) is 14.2 Å². The average Bonchev–Trinajstić information content (AvgIpc) is 3.22. The molecule has 0 fully saturated rings. The molecule has 1 N–H and O–H groups in total. The fourth-order valence-corrected chi connectivity index (χ4v) is 3.20. The van der Waals surface area contributed by atoms with E-state index < -0.39 is 0 Å². The highest BCUT2D eigenvalue weighted by Crippen LogP contribution is 2.40. The number of nitrogens with one attached hydrogen (secondary N) is 1. The summed E-state index contributed by atoms with van der Waals surface area (Å²) in [7, 11) is 4.90. The summed E-state index contributed by atoms with van der Waals surface area (Å²) in [5.41, 5.74) is 2.76. The molecule has 6 heteroatoms. The Kier molecular flexibility index (Phi) is 5.63. The molecule has 0 spiro atoms. The average molecular weight is 356 g/mol. The maximum atomic E-state index is 12.2. The number of benzene rings is 1. The van der Waals surface area contributed by atoms with Gasteiger partial charge in [0.15, 0.2) is 5.78 Å². The standard InChI is InChI=1S/C20H24N2O4/c1-24-15-11-18(25-2)20(19(12-15)26-3)14-6-9-22(10-7-14)13-17(23)16-5-4-8-21-16/h4-6,8,11-12,21H,7,9-10,13H2,1-3H3. The monoisotopic (exact) mass is 356 g/mol. The SMILES string of the molecule is COc1cc(OC)c(C2=CCN(CC(=O)c3ccc[nH]3)CC2)c(OC)c1. The minimum Gasteiger partial charge on any atom is -0.496 e. The molecule has 2 aromatic rings. The molecule has 0 atom stereocenters. The van der Waals surface area contributed by atoms with Crippen LogP contribution in [0.4, 0.5) is 0 Å². The molecule has 0 bridgehead atoms. The van der Waals surface area contributed by atoms with Crippen molar-refractivity contribution in [2.24, 2.45) is 0 Å². The predicted octanol–water partition coefficient (Wildman–Crippen LogP) is 3.01. The smallest absolute Gasteiger partial charge is 0.192 e. The number of H-pyrrole nitrogens is 1. The van der Waals surface area contributed by atoms with Crippen molar-refractivity contribution in [1.82, 2.24) is 9.88 Å². The number of aromatic amines is 1. The van der Waals surface area contributed by atoms with Gasteiger partial charge in [0, 0.05) is 31.4 Å². The van der Waals surface area contributed by atoms with Gasteiger partial charge in [0.05, 0.1) is 39.1 Å². The van der Waals surface area contributed by atoms with Crippen LogP contribution < -0.4 is 14.2 Å². The van der Waals surface area contributed by atoms with Crippen LogP contribution >= 0.6 is 0 Å². The summed E-state index contributed by atoms with van der Waals surface area (Å²) in [6.45, 7) is 1.91. The first-order chi connectivity index (χ1) is 12.7. The quantitative estimate of drug-likeness (QED) is 0.773. The number of ketones is 1. The molecule has 2 heterocycles. The first-order valence-corrected chi connectivity index (χ1v) is 8.54. The summed E-state index contributed by atoms with van der Waals surface area (Å²) in [5.74, 6) is 2.25. The minimum atomic E-state index is 0.103. The van der Waals surface area contributed by atoms with Gasteiger partial charge >= 0.3 is 0 Å². The van der Waals surface area contributed by atoms with Crippen molar-refractivity contribution >= 4 is 11.4 Å². The Balaban J connectivity index is 1.77. The first kappa shape index (κ1) is 18.1. The van der Waals surface area contributed by atoms with Crippen molar-refractivity contribution in [3.05, 3.63) is 47.8 Å². The fourth-order valence-electron chi connectivity index (χ4n) is 3.20. The number of carbonyl (C=O) groups excluding carboxylic acids is 1. The molecule has 0 radical (unpaired) electrons. The van der Waals surface area contributed by atoms with Gasteiger partial charge in [-0.2, -0.15) is 0 Å². The second-order valence-electron chi connectivity index (χ2n) is 6.13. The highest BCUT2D eigenvalue weighted by Gasteiger charge is 2.22. The molecule has 1 aliphatic rings. The lowest BCUT2D eigenvalue weighted by Gasteiger charge is -2.27. The zero-order chi connectivity index (χ0) is 18.5. The van der Waals surface area contributed by atoms with E-state index in [9.17, 15) is 4.79 Å². The third-order valence-electron chi connectivity index (χ3n) is 4.59. The zero-order valence-electron chi connectivity index (χ0n) is 15.4. The highest BCUT2D eigenvalue weighted by molar-refractivity contribution is 5.96. The molecule has 3 rings (SSSR count). The molecule has 0 amide bonds. The van der Waals surface area contributed by atoms with E-state index in [1.54, 1.807) is 33.6 Å². The van der Waals surface area contributed by atoms with Gasteiger partial charge in [0.1, 0.15) is 17.2 Å². The minimum absolute atomic E-state index is 0.103. The topological polar surface area (TPSA) is 63.8 Å². The number of hydrogen-bond donors (Lipinski definition) is 1. The van der Waals surface area contributed by atoms with Crippen LogP contribution in [0.3, 0.4) is 0 Å². The second kappa shape index (κ2) is 8.10. The van der Waals surface area contributed by atoms with Crippen LogP contribution in [0.5, 0.6) is 17.2 Å². The van der Waals surface area contributed by atoms with E-state index in [-0.39, 0.29) is 5.78 Å². The molecule has 0 saturated carbocycles. The number of nitrogens with zero attached hydrogens (tertiary/aromatic N) is 1. The van der Waals surface area contributed by atoms with Gasteiger partial charge in [-0.1, -0.05) is 6.08 Å². The summed E-state index contributed by atoms with van der Waals surface area (Å²) >= 11 is 0. The van der Waals surface area contributed by atoms with E-state index in [0.29, 0.717) is 24.5 Å². The third kappa shape index (κ3) is 3.75. The number of ether oxygens (including phenoxy) is 3. The van der Waals surface area contributed by atoms with Crippen LogP contribution in [0.15, 0.2) is 36.5 Å². The largest absolute Gasteiger partial charge is 0.496 e. The van der Waals surface area contributed by atoms with Gasteiger partial charge in [-0.05, 0) is 24.1 Å². The summed E-state index contributed by atoms with van der Waals surface area (Å²) in [6.07, 6.45) is 4.72. The Morgan fingerprint density at radius 1 is 1.15 bits per heavy atom. The summed E-state index contributed by atoms with van der Waals surface area (Å²) < 4.78 is 16.4. The molecule has 0 aliphatic carbocycles.